The monoisotopic (exact) mass is 785 g/mol. The minimum atomic E-state index is -0.948. The van der Waals surface area contributed by atoms with Gasteiger partial charge in [0.05, 0.1) is 18.6 Å². The molecular formula is C41H63N5O8S. The maximum absolute atomic E-state index is 14.6. The number of ether oxygens (including phenoxy) is 2. The Kier molecular flexibility index (Phi) is 18.2. The van der Waals surface area contributed by atoms with Gasteiger partial charge in [0.15, 0.2) is 6.10 Å². The smallest absolute Gasteiger partial charge is 0.306 e. The van der Waals surface area contributed by atoms with Crippen LogP contribution in [-0.4, -0.2) is 108 Å². The molecule has 0 aliphatic carbocycles. The summed E-state index contributed by atoms with van der Waals surface area (Å²) < 4.78 is 11.3. The quantitative estimate of drug-likeness (QED) is 0.139. The van der Waals surface area contributed by atoms with E-state index in [0.29, 0.717) is 17.8 Å². The number of methoxy groups -OCH3 is 1. The van der Waals surface area contributed by atoms with Gasteiger partial charge in [0.1, 0.15) is 16.7 Å². The van der Waals surface area contributed by atoms with Crippen LogP contribution >= 0.6 is 11.3 Å². The third kappa shape index (κ3) is 13.7. The highest BCUT2D eigenvalue weighted by atomic mass is 32.1. The average Bonchev–Trinajstić information content (AvgIpc) is 3.64. The first kappa shape index (κ1) is 45.5. The number of carbonyl (C=O) groups excluding carboxylic acids is 4. The van der Waals surface area contributed by atoms with Gasteiger partial charge >= 0.3 is 11.9 Å². The molecule has 3 rings (SSSR count). The molecule has 14 heteroatoms. The van der Waals surface area contributed by atoms with Gasteiger partial charge in [-0.1, -0.05) is 77.3 Å². The fraction of sp³-hybridized carbons (Fsp3) is 0.659. The highest BCUT2D eigenvalue weighted by Gasteiger charge is 2.39. The van der Waals surface area contributed by atoms with E-state index < -0.39 is 48.0 Å². The second kappa shape index (κ2) is 22.0. The number of likely N-dealkylation sites (N-methyl/N-ethyl adjacent to an activating group) is 1. The summed E-state index contributed by atoms with van der Waals surface area (Å²) in [6.45, 7) is 14.2. The van der Waals surface area contributed by atoms with Crippen LogP contribution in [0.25, 0.3) is 0 Å². The van der Waals surface area contributed by atoms with E-state index in [0.717, 1.165) is 36.9 Å². The van der Waals surface area contributed by atoms with E-state index >= 15 is 0 Å². The molecule has 0 spiro atoms. The third-order valence-corrected chi connectivity index (χ3v) is 11.6. The molecule has 0 saturated carbocycles. The van der Waals surface area contributed by atoms with Crippen LogP contribution in [0.1, 0.15) is 113 Å². The predicted molar refractivity (Wildman–Crippen MR) is 213 cm³/mol. The number of piperidine rings is 1. The maximum atomic E-state index is 14.6. The number of rotatable bonds is 21. The highest BCUT2D eigenvalue weighted by molar-refractivity contribution is 7.09. The number of carbonyl (C=O) groups is 5. The number of nitrogens with zero attached hydrogens (tertiary/aromatic N) is 3. The molecule has 1 aliphatic rings. The molecule has 0 radical (unpaired) electrons. The molecule has 55 heavy (non-hydrogen) atoms. The van der Waals surface area contributed by atoms with Crippen molar-refractivity contribution in [2.45, 2.75) is 124 Å². The molecule has 2 heterocycles. The number of amides is 3. The molecule has 1 fully saturated rings. The Bertz CT molecular complexity index is 1570. The van der Waals surface area contributed by atoms with Crippen LogP contribution in [0.2, 0.25) is 0 Å². The third-order valence-electron chi connectivity index (χ3n) is 10.6. The lowest BCUT2D eigenvalue weighted by molar-refractivity contribution is -0.150. The number of aliphatic carboxylic acids is 1. The van der Waals surface area contributed by atoms with Crippen LogP contribution in [0.3, 0.4) is 0 Å². The Balaban J connectivity index is 1.90. The van der Waals surface area contributed by atoms with E-state index in [1.165, 1.54) is 18.3 Å². The first-order valence-corrected chi connectivity index (χ1v) is 20.5. The second-order valence-corrected chi connectivity index (χ2v) is 16.3. The van der Waals surface area contributed by atoms with Gasteiger partial charge in [-0.3, -0.25) is 28.9 Å². The Morgan fingerprint density at radius 3 is 2.33 bits per heavy atom. The van der Waals surface area contributed by atoms with Crippen LogP contribution in [-0.2, 0) is 35.1 Å². The van der Waals surface area contributed by atoms with E-state index in [1.54, 1.807) is 24.3 Å². The molecule has 13 nitrogen and oxygen atoms in total. The molecule has 3 amide bonds. The van der Waals surface area contributed by atoms with Crippen LogP contribution < -0.4 is 10.6 Å². The minimum absolute atomic E-state index is 0.0990. The topological polar surface area (TPSA) is 167 Å². The number of aromatic nitrogens is 1. The first-order valence-electron chi connectivity index (χ1n) is 19.6. The van der Waals surface area contributed by atoms with E-state index in [9.17, 15) is 29.1 Å². The summed E-state index contributed by atoms with van der Waals surface area (Å²) in [5, 5.41) is 17.7. The van der Waals surface area contributed by atoms with Gasteiger partial charge in [0.2, 0.25) is 11.8 Å². The van der Waals surface area contributed by atoms with Gasteiger partial charge < -0.3 is 30.1 Å². The first-order chi connectivity index (χ1) is 26.1. The van der Waals surface area contributed by atoms with Crippen molar-refractivity contribution < 1.29 is 38.6 Å². The predicted octanol–water partition coefficient (Wildman–Crippen LogP) is 5.41. The van der Waals surface area contributed by atoms with Gasteiger partial charge in [-0.15, -0.1) is 11.3 Å². The lowest BCUT2D eigenvalue weighted by atomic mass is 9.92. The summed E-state index contributed by atoms with van der Waals surface area (Å²) >= 11 is 1.18. The van der Waals surface area contributed by atoms with Crippen molar-refractivity contribution in [3.8, 4) is 0 Å². The number of benzene rings is 1. The minimum Gasteiger partial charge on any atom is -0.481 e. The van der Waals surface area contributed by atoms with Gasteiger partial charge in [0.25, 0.3) is 5.91 Å². The zero-order chi connectivity index (χ0) is 40.8. The number of aryl methyl sites for hydroxylation is 1. The van der Waals surface area contributed by atoms with Crippen molar-refractivity contribution in [2.24, 2.45) is 17.8 Å². The molecule has 7 unspecified atom stereocenters. The Hall–Kier alpha value is -3.88. The zero-order valence-electron chi connectivity index (χ0n) is 34.1. The van der Waals surface area contributed by atoms with E-state index in [2.05, 4.69) is 15.6 Å². The van der Waals surface area contributed by atoms with Crippen LogP contribution in [0.4, 0.5) is 0 Å². The summed E-state index contributed by atoms with van der Waals surface area (Å²) in [4.78, 5) is 74.5. The average molecular weight is 786 g/mol. The number of carboxylic acid groups (broad SMARTS) is 1. The molecule has 1 aromatic heterocycles. The summed E-state index contributed by atoms with van der Waals surface area (Å²) in [7, 11) is 3.51. The summed E-state index contributed by atoms with van der Waals surface area (Å²) in [6.07, 6.45) is 3.37. The number of carboxylic acids is 1. The number of likely N-dealkylation sites (tertiary alicyclic amines) is 1. The maximum Gasteiger partial charge on any atom is 0.306 e. The summed E-state index contributed by atoms with van der Waals surface area (Å²) in [5.41, 5.74) is 2.18. The van der Waals surface area contributed by atoms with Crippen molar-refractivity contribution in [3.63, 3.8) is 0 Å². The van der Waals surface area contributed by atoms with Gasteiger partial charge in [-0.2, -0.15) is 0 Å². The van der Waals surface area contributed by atoms with Crippen molar-refractivity contribution in [3.05, 3.63) is 51.5 Å². The number of thiazole rings is 1. The SMILES string of the molecule is CCC(C)C(NC(=O)C1CCCCN1C)C(=O)N(CCOC)C(CC(OC(C)=O)c1nc(C(=O)NC(Cc2ccc(C)cc2)CC(C)C(=O)O)cs1)C(C)C. The van der Waals surface area contributed by atoms with Gasteiger partial charge in [-0.05, 0) is 63.6 Å². The molecule has 2 aromatic rings. The Labute approximate surface area is 330 Å². The lowest BCUT2D eigenvalue weighted by Gasteiger charge is -2.40. The summed E-state index contributed by atoms with van der Waals surface area (Å²) in [6, 6.07) is 5.87. The van der Waals surface area contributed by atoms with Gasteiger partial charge in [-0.25, -0.2) is 4.98 Å². The van der Waals surface area contributed by atoms with E-state index in [4.69, 9.17) is 9.47 Å². The second-order valence-electron chi connectivity index (χ2n) is 15.4. The van der Waals surface area contributed by atoms with Crippen LogP contribution in [0.15, 0.2) is 29.6 Å². The fourth-order valence-electron chi connectivity index (χ4n) is 7.05. The van der Waals surface area contributed by atoms with E-state index in [-0.39, 0.29) is 61.4 Å². The fourth-order valence-corrected chi connectivity index (χ4v) is 7.89. The zero-order valence-corrected chi connectivity index (χ0v) is 34.9. The highest BCUT2D eigenvalue weighted by Crippen LogP contribution is 2.32. The van der Waals surface area contributed by atoms with E-state index in [1.807, 2.05) is 70.8 Å². The standard InChI is InChI=1S/C41H63N5O8S/c1-10-27(5)36(44-38(49)33-13-11-12-18-45(33)8)40(50)46(19-20-53-9)34(25(2)3)23-35(54-29(7)47)39-43-32(24-55-39)37(48)42-31(21-28(6)41(51)52)22-30-16-14-26(4)15-17-30/h14-17,24-25,27-28,31,33-36H,10-13,18-23H2,1-9H3,(H,42,48)(H,44,49)(H,51,52). The molecule has 0 bridgehead atoms. The van der Waals surface area contributed by atoms with Crippen molar-refractivity contribution in [1.29, 1.82) is 0 Å². The van der Waals surface area contributed by atoms with Crippen molar-refractivity contribution >= 4 is 41.0 Å². The molecule has 306 valence electrons. The molecule has 1 aromatic carbocycles. The Morgan fingerprint density at radius 1 is 1.05 bits per heavy atom. The van der Waals surface area contributed by atoms with Crippen molar-refractivity contribution in [2.75, 3.05) is 33.9 Å². The normalized spacial score (nSPS) is 18.0. The number of nitrogens with one attached hydrogen (secondary N) is 2. The van der Waals surface area contributed by atoms with Crippen LogP contribution in [0, 0.1) is 24.7 Å². The summed E-state index contributed by atoms with van der Waals surface area (Å²) in [5.74, 6) is -3.27. The molecule has 1 aliphatic heterocycles. The van der Waals surface area contributed by atoms with Crippen LogP contribution in [0.5, 0.6) is 0 Å². The molecule has 7 atom stereocenters. The number of esters is 1. The van der Waals surface area contributed by atoms with Gasteiger partial charge in [0, 0.05) is 44.5 Å². The largest absolute Gasteiger partial charge is 0.481 e. The Morgan fingerprint density at radius 2 is 1.75 bits per heavy atom. The molecular weight excluding hydrogens is 723 g/mol. The van der Waals surface area contributed by atoms with Crippen molar-refractivity contribution in [1.82, 2.24) is 25.4 Å². The lowest BCUT2D eigenvalue weighted by Crippen LogP contribution is -2.59. The number of hydrogen-bond donors (Lipinski definition) is 3. The number of hydrogen-bond acceptors (Lipinski definition) is 10. The molecule has 3 N–H and O–H groups in total. The molecule has 1 saturated heterocycles.